The molecule has 0 amide bonds. The van der Waals surface area contributed by atoms with Gasteiger partial charge in [0.15, 0.2) is 12.4 Å². The number of carbonyl (C=O) groups excluding carboxylic acids is 2. The number of carbonyl (C=O) groups is 2. The van der Waals surface area contributed by atoms with Crippen molar-refractivity contribution in [2.24, 2.45) is 5.92 Å². The summed E-state index contributed by atoms with van der Waals surface area (Å²) in [5, 5.41) is 27.0. The quantitative estimate of drug-likeness (QED) is 0.368. The van der Waals surface area contributed by atoms with E-state index in [1.807, 2.05) is 0 Å². The number of benzene rings is 1. The normalized spacial score (nSPS) is 11.1. The summed E-state index contributed by atoms with van der Waals surface area (Å²) in [4.78, 5) is 33.8. The molecule has 114 valence electrons. The zero-order valence-electron chi connectivity index (χ0n) is 12.0. The smallest absolute Gasteiger partial charge is 0.345 e. The van der Waals surface area contributed by atoms with Gasteiger partial charge >= 0.3 is 5.97 Å². The Morgan fingerprint density at radius 2 is 2.14 bits per heavy atom. The van der Waals surface area contributed by atoms with Gasteiger partial charge < -0.3 is 10.1 Å². The zero-order chi connectivity index (χ0) is 16.9. The number of hydrogen-bond acceptors (Lipinski definition) is 7. The molecule has 0 aromatic heterocycles. The van der Waals surface area contributed by atoms with Gasteiger partial charge in [-0.25, -0.2) is 4.79 Å². The Kier molecular flexibility index (Phi) is 5.46. The number of nitro groups is 1. The number of ether oxygens (including phenoxy) is 1. The lowest BCUT2D eigenvalue weighted by molar-refractivity contribution is -0.385. The molecule has 1 N–H and O–H groups in total. The van der Waals surface area contributed by atoms with Gasteiger partial charge in [0.25, 0.3) is 5.69 Å². The van der Waals surface area contributed by atoms with Gasteiger partial charge in [0.2, 0.25) is 0 Å². The maximum atomic E-state index is 11.9. The summed E-state index contributed by atoms with van der Waals surface area (Å²) in [6, 6.07) is 5.79. The van der Waals surface area contributed by atoms with Gasteiger partial charge in [-0.1, -0.05) is 12.1 Å². The fourth-order valence-electron chi connectivity index (χ4n) is 1.77. The lowest BCUT2D eigenvalue weighted by Gasteiger charge is -2.08. The third-order valence-electron chi connectivity index (χ3n) is 2.87. The molecule has 0 bridgehead atoms. The van der Waals surface area contributed by atoms with E-state index in [9.17, 15) is 19.7 Å². The summed E-state index contributed by atoms with van der Waals surface area (Å²) in [6.45, 7) is 2.04. The van der Waals surface area contributed by atoms with E-state index in [0.717, 1.165) is 0 Å². The zero-order valence-corrected chi connectivity index (χ0v) is 12.0. The Labute approximate surface area is 126 Å². The summed E-state index contributed by atoms with van der Waals surface area (Å²) in [5.41, 5.74) is -0.529. The Hall–Kier alpha value is -3.08. The number of aryl methyl sites for hydroxylation is 1. The number of esters is 1. The van der Waals surface area contributed by atoms with Crippen molar-refractivity contribution in [1.82, 2.24) is 0 Å². The van der Waals surface area contributed by atoms with Gasteiger partial charge in [-0.15, -0.1) is 0 Å². The lowest BCUT2D eigenvalue weighted by atomic mass is 10.0. The molecule has 0 saturated carbocycles. The fraction of sp³-hybridized carbons (Fsp3) is 0.286. The molecule has 0 heterocycles. The van der Waals surface area contributed by atoms with E-state index in [-0.39, 0.29) is 22.5 Å². The van der Waals surface area contributed by atoms with Gasteiger partial charge in [-0.05, 0) is 19.9 Å². The standard InChI is InChI=1S/C14H13N3O5/c1-8-4-3-5-10(13(8)17(20)21)14(19)22-7-12(18)11(6-15)9(2)16/h3-5,11,16H,7H2,1-2H3/t11-/m0/s1. The highest BCUT2D eigenvalue weighted by atomic mass is 16.6. The third kappa shape index (κ3) is 3.73. The van der Waals surface area contributed by atoms with Crippen molar-refractivity contribution in [3.63, 3.8) is 0 Å². The Bertz CT molecular complexity index is 690. The van der Waals surface area contributed by atoms with E-state index in [1.54, 1.807) is 6.07 Å². The van der Waals surface area contributed by atoms with E-state index < -0.39 is 29.2 Å². The molecule has 8 heteroatoms. The number of hydrogen-bond donors (Lipinski definition) is 1. The number of nitrogens with zero attached hydrogens (tertiary/aromatic N) is 2. The molecule has 0 aliphatic heterocycles. The van der Waals surface area contributed by atoms with Gasteiger partial charge in [0, 0.05) is 11.3 Å². The fourth-order valence-corrected chi connectivity index (χ4v) is 1.77. The first kappa shape index (κ1) is 17.0. The molecule has 0 radical (unpaired) electrons. The lowest BCUT2D eigenvalue weighted by Crippen LogP contribution is -2.25. The average Bonchev–Trinajstić information content (AvgIpc) is 2.44. The monoisotopic (exact) mass is 303 g/mol. The van der Waals surface area contributed by atoms with E-state index in [4.69, 9.17) is 15.4 Å². The first-order chi connectivity index (χ1) is 10.3. The molecule has 1 aromatic carbocycles. The molecule has 1 rings (SSSR count). The molecule has 0 unspecified atom stereocenters. The van der Waals surface area contributed by atoms with Crippen molar-refractivity contribution in [2.75, 3.05) is 6.61 Å². The molecular formula is C14H13N3O5. The van der Waals surface area contributed by atoms with Crippen LogP contribution in [0, 0.1) is 39.7 Å². The second-order valence-electron chi connectivity index (χ2n) is 4.52. The topological polar surface area (TPSA) is 134 Å². The molecular weight excluding hydrogens is 290 g/mol. The average molecular weight is 303 g/mol. The minimum atomic E-state index is -1.29. The first-order valence-electron chi connectivity index (χ1n) is 6.18. The van der Waals surface area contributed by atoms with Crippen molar-refractivity contribution in [3.8, 4) is 6.07 Å². The van der Waals surface area contributed by atoms with Crippen molar-refractivity contribution in [2.45, 2.75) is 13.8 Å². The highest BCUT2D eigenvalue weighted by Crippen LogP contribution is 2.23. The largest absolute Gasteiger partial charge is 0.454 e. The van der Waals surface area contributed by atoms with Crippen molar-refractivity contribution < 1.29 is 19.2 Å². The third-order valence-corrected chi connectivity index (χ3v) is 2.87. The molecule has 1 aromatic rings. The summed E-state index contributed by atoms with van der Waals surface area (Å²) >= 11 is 0. The molecule has 0 aliphatic carbocycles. The molecule has 0 spiro atoms. The highest BCUT2D eigenvalue weighted by molar-refractivity contribution is 6.06. The van der Waals surface area contributed by atoms with Gasteiger partial charge in [0.05, 0.1) is 11.0 Å². The Morgan fingerprint density at radius 3 is 2.64 bits per heavy atom. The summed E-state index contributed by atoms with van der Waals surface area (Å²) in [7, 11) is 0. The predicted molar refractivity (Wildman–Crippen MR) is 75.6 cm³/mol. The number of ketones is 1. The maximum absolute atomic E-state index is 11.9. The van der Waals surface area contributed by atoms with E-state index in [2.05, 4.69) is 0 Å². The van der Waals surface area contributed by atoms with Gasteiger partial charge in [-0.3, -0.25) is 14.9 Å². The first-order valence-corrected chi connectivity index (χ1v) is 6.18. The maximum Gasteiger partial charge on any atom is 0.345 e. The van der Waals surface area contributed by atoms with Crippen LogP contribution in [0.4, 0.5) is 5.69 Å². The number of Topliss-reactive ketones (excluding diaryl/α,β-unsaturated/α-hetero) is 1. The Balaban J connectivity index is 2.90. The predicted octanol–water partition coefficient (Wildman–Crippen LogP) is 1.81. The van der Waals surface area contributed by atoms with Gasteiger partial charge in [-0.2, -0.15) is 5.26 Å². The van der Waals surface area contributed by atoms with Crippen LogP contribution in [0.15, 0.2) is 18.2 Å². The number of nitriles is 1. The van der Waals surface area contributed by atoms with Crippen LogP contribution < -0.4 is 0 Å². The van der Waals surface area contributed by atoms with E-state index in [0.29, 0.717) is 0 Å². The van der Waals surface area contributed by atoms with E-state index in [1.165, 1.54) is 32.0 Å². The molecule has 0 saturated heterocycles. The minimum absolute atomic E-state index is 0.162. The summed E-state index contributed by atoms with van der Waals surface area (Å²) < 4.78 is 4.73. The van der Waals surface area contributed by atoms with Crippen LogP contribution in [-0.2, 0) is 9.53 Å². The van der Waals surface area contributed by atoms with Crippen LogP contribution in [0.1, 0.15) is 22.8 Å². The van der Waals surface area contributed by atoms with Gasteiger partial charge in [0.1, 0.15) is 11.5 Å². The second-order valence-corrected chi connectivity index (χ2v) is 4.52. The molecule has 8 nitrogen and oxygen atoms in total. The highest BCUT2D eigenvalue weighted by Gasteiger charge is 2.26. The molecule has 0 fully saturated rings. The second kappa shape index (κ2) is 7.08. The van der Waals surface area contributed by atoms with Crippen molar-refractivity contribution >= 4 is 23.2 Å². The van der Waals surface area contributed by atoms with Crippen LogP contribution in [-0.4, -0.2) is 29.0 Å². The molecule has 1 atom stereocenters. The summed E-state index contributed by atoms with van der Waals surface area (Å²) in [6.07, 6.45) is 0. The van der Waals surface area contributed by atoms with Crippen LogP contribution in [0.2, 0.25) is 0 Å². The van der Waals surface area contributed by atoms with Crippen LogP contribution in [0.25, 0.3) is 0 Å². The van der Waals surface area contributed by atoms with Crippen molar-refractivity contribution in [3.05, 3.63) is 39.4 Å². The molecule has 22 heavy (non-hydrogen) atoms. The van der Waals surface area contributed by atoms with E-state index >= 15 is 0 Å². The Morgan fingerprint density at radius 1 is 1.50 bits per heavy atom. The minimum Gasteiger partial charge on any atom is -0.454 e. The summed E-state index contributed by atoms with van der Waals surface area (Å²) in [5.74, 6) is -3.07. The van der Waals surface area contributed by atoms with Crippen LogP contribution in [0.5, 0.6) is 0 Å². The van der Waals surface area contributed by atoms with Crippen molar-refractivity contribution in [1.29, 1.82) is 10.7 Å². The van der Waals surface area contributed by atoms with Crippen LogP contribution >= 0.6 is 0 Å². The SMILES string of the molecule is CC(=N)[C@H](C#N)C(=O)COC(=O)c1cccc(C)c1[N+](=O)[O-]. The van der Waals surface area contributed by atoms with Crippen LogP contribution in [0.3, 0.4) is 0 Å². The number of para-hydroxylation sites is 1. The number of rotatable bonds is 6. The molecule has 0 aliphatic rings. The number of nitrogens with one attached hydrogen (secondary N) is 1. The number of nitro benzene ring substituents is 1.